The van der Waals surface area contributed by atoms with E-state index in [0.29, 0.717) is 12.0 Å². The largest absolute Gasteiger partial charge is 0.339 e. The molecule has 5 heteroatoms. The Hall–Kier alpha value is -1.85. The normalized spacial score (nSPS) is 27.9. The van der Waals surface area contributed by atoms with Gasteiger partial charge in [0.1, 0.15) is 0 Å². The quantitative estimate of drug-likeness (QED) is 0.757. The van der Waals surface area contributed by atoms with E-state index in [4.69, 9.17) is 9.47 Å². The summed E-state index contributed by atoms with van der Waals surface area (Å²) in [6.07, 6.45) is 0.283. The van der Waals surface area contributed by atoms with Crippen LogP contribution in [0.2, 0.25) is 0 Å². The van der Waals surface area contributed by atoms with Crippen molar-refractivity contribution in [3.05, 3.63) is 71.0 Å². The zero-order valence-electron chi connectivity index (χ0n) is 12.9. The van der Waals surface area contributed by atoms with Gasteiger partial charge in [-0.25, -0.2) is 13.2 Å². The number of rotatable bonds is 2. The van der Waals surface area contributed by atoms with Gasteiger partial charge in [-0.2, -0.15) is 0 Å². The van der Waals surface area contributed by atoms with Gasteiger partial charge >= 0.3 is 0 Å². The Bertz CT molecular complexity index is 670. The van der Waals surface area contributed by atoms with Crippen LogP contribution in [-0.4, -0.2) is 12.2 Å². The maximum Gasteiger partial charge on any atom is 0.223 e. The highest BCUT2D eigenvalue weighted by Gasteiger charge is 2.44. The first-order valence-corrected chi connectivity index (χ1v) is 7.48. The van der Waals surface area contributed by atoms with Crippen molar-refractivity contribution in [2.75, 3.05) is 0 Å². The van der Waals surface area contributed by atoms with Gasteiger partial charge in [0.15, 0.2) is 17.5 Å². The van der Waals surface area contributed by atoms with Crippen LogP contribution < -0.4 is 0 Å². The molecule has 0 aromatic heterocycles. The van der Waals surface area contributed by atoms with Crippen molar-refractivity contribution < 1.29 is 22.6 Å². The first-order valence-electron chi connectivity index (χ1n) is 7.48. The third-order valence-corrected chi connectivity index (χ3v) is 3.92. The van der Waals surface area contributed by atoms with Crippen LogP contribution >= 0.6 is 0 Å². The minimum Gasteiger partial charge on any atom is -0.339 e. The molecule has 0 saturated carbocycles. The van der Waals surface area contributed by atoms with Gasteiger partial charge in [-0.15, -0.1) is 0 Å². The number of hydrogen-bond donors (Lipinski definition) is 0. The van der Waals surface area contributed by atoms with E-state index < -0.39 is 23.2 Å². The van der Waals surface area contributed by atoms with E-state index in [1.54, 1.807) is 24.3 Å². The Kier molecular flexibility index (Phi) is 4.17. The van der Waals surface area contributed by atoms with E-state index in [0.717, 1.165) is 12.1 Å². The van der Waals surface area contributed by atoms with Crippen LogP contribution in [0.1, 0.15) is 31.4 Å². The summed E-state index contributed by atoms with van der Waals surface area (Å²) >= 11 is 0. The average Bonchev–Trinajstić information content (AvgIpc) is 2.52. The summed E-state index contributed by atoms with van der Waals surface area (Å²) < 4.78 is 52.8. The summed E-state index contributed by atoms with van der Waals surface area (Å²) in [5.41, 5.74) is 0.697. The fourth-order valence-electron chi connectivity index (χ4n) is 3.00. The molecule has 0 amide bonds. The highest BCUT2D eigenvalue weighted by molar-refractivity contribution is 5.35. The Balaban J connectivity index is 2.20. The molecule has 3 atom stereocenters. The van der Waals surface area contributed by atoms with E-state index in [9.17, 15) is 13.2 Å². The molecule has 0 radical (unpaired) electrons. The van der Waals surface area contributed by atoms with Gasteiger partial charge in [-0.1, -0.05) is 30.3 Å². The van der Waals surface area contributed by atoms with Crippen LogP contribution in [0.15, 0.2) is 42.5 Å². The monoisotopic (exact) mass is 322 g/mol. The molecule has 1 aliphatic rings. The predicted octanol–water partition coefficient (Wildman–Crippen LogP) is 4.52. The molecule has 1 fully saturated rings. The van der Waals surface area contributed by atoms with Crippen molar-refractivity contribution in [2.24, 2.45) is 0 Å². The lowest BCUT2D eigenvalue weighted by Gasteiger charge is -2.43. The summed E-state index contributed by atoms with van der Waals surface area (Å²) in [5.74, 6) is -5.51. The summed E-state index contributed by atoms with van der Waals surface area (Å²) in [5, 5.41) is 0. The molecule has 0 bridgehead atoms. The van der Waals surface area contributed by atoms with Crippen LogP contribution in [0.4, 0.5) is 13.2 Å². The van der Waals surface area contributed by atoms with Crippen molar-refractivity contribution in [3.63, 3.8) is 0 Å². The molecule has 1 aliphatic heterocycles. The lowest BCUT2D eigenvalue weighted by Crippen LogP contribution is -2.45. The van der Waals surface area contributed by atoms with Crippen molar-refractivity contribution in [1.29, 1.82) is 0 Å². The topological polar surface area (TPSA) is 18.5 Å². The molecule has 23 heavy (non-hydrogen) atoms. The maximum absolute atomic E-state index is 13.7. The summed E-state index contributed by atoms with van der Waals surface area (Å²) in [6, 6.07) is 10.7. The highest BCUT2D eigenvalue weighted by atomic mass is 19.2. The zero-order valence-corrected chi connectivity index (χ0v) is 12.9. The molecule has 0 spiro atoms. The third-order valence-electron chi connectivity index (χ3n) is 3.92. The summed E-state index contributed by atoms with van der Waals surface area (Å²) in [7, 11) is 0. The van der Waals surface area contributed by atoms with Crippen molar-refractivity contribution >= 4 is 0 Å². The van der Waals surface area contributed by atoms with Gasteiger partial charge in [0.2, 0.25) is 5.79 Å². The van der Waals surface area contributed by atoms with Crippen molar-refractivity contribution in [1.82, 2.24) is 0 Å². The van der Waals surface area contributed by atoms with Gasteiger partial charge in [-0.05, 0) is 32.4 Å². The minimum atomic E-state index is -1.51. The highest BCUT2D eigenvalue weighted by Crippen LogP contribution is 2.42. The molecule has 0 N–H and O–H groups in total. The molecule has 2 aromatic carbocycles. The second kappa shape index (κ2) is 5.98. The summed E-state index contributed by atoms with van der Waals surface area (Å²) in [6.45, 7) is 3.74. The van der Waals surface area contributed by atoms with E-state index in [2.05, 4.69) is 0 Å². The molecular formula is C18H17F3O2. The van der Waals surface area contributed by atoms with E-state index in [1.165, 1.54) is 0 Å². The predicted molar refractivity (Wildman–Crippen MR) is 79.2 cm³/mol. The molecular weight excluding hydrogens is 305 g/mol. The lowest BCUT2D eigenvalue weighted by atomic mass is 9.94. The van der Waals surface area contributed by atoms with Gasteiger partial charge in [-0.3, -0.25) is 0 Å². The van der Waals surface area contributed by atoms with E-state index in [-0.39, 0.29) is 17.8 Å². The van der Waals surface area contributed by atoms with Gasteiger partial charge in [0, 0.05) is 11.1 Å². The smallest absolute Gasteiger partial charge is 0.223 e. The molecule has 3 rings (SSSR count). The molecule has 1 unspecified atom stereocenters. The van der Waals surface area contributed by atoms with Crippen LogP contribution in [0.3, 0.4) is 0 Å². The number of halogens is 3. The first-order chi connectivity index (χ1) is 10.9. The number of benzene rings is 2. The lowest BCUT2D eigenvalue weighted by molar-refractivity contribution is -0.297. The van der Waals surface area contributed by atoms with Crippen LogP contribution in [0.25, 0.3) is 0 Å². The number of ether oxygens (including phenoxy) is 2. The second-order valence-corrected chi connectivity index (χ2v) is 5.83. The van der Waals surface area contributed by atoms with E-state index in [1.807, 2.05) is 19.9 Å². The zero-order chi connectivity index (χ0) is 16.6. The third kappa shape index (κ3) is 2.86. The first kappa shape index (κ1) is 16.0. The fourth-order valence-corrected chi connectivity index (χ4v) is 3.00. The SMILES string of the molecule is C[C@@H]1C[C@H](C)OC(c2ccccc2)(c2cc(F)c(F)c(F)c2)O1. The van der Waals surface area contributed by atoms with Gasteiger partial charge in [0.05, 0.1) is 12.2 Å². The molecule has 2 nitrogen and oxygen atoms in total. The van der Waals surface area contributed by atoms with Crippen molar-refractivity contribution in [3.8, 4) is 0 Å². The molecule has 2 aromatic rings. The Morgan fingerprint density at radius 1 is 0.870 bits per heavy atom. The van der Waals surface area contributed by atoms with Gasteiger partial charge in [0.25, 0.3) is 0 Å². The Morgan fingerprint density at radius 2 is 1.39 bits per heavy atom. The average molecular weight is 322 g/mol. The standard InChI is InChI=1S/C18H17F3O2/c1-11-8-12(2)23-18(22-11,13-6-4-3-5-7-13)14-9-15(19)17(21)16(20)10-14/h3-7,9-12H,8H2,1-2H3/t11-,12+,18?. The summed E-state index contributed by atoms with van der Waals surface area (Å²) in [4.78, 5) is 0. The minimum absolute atomic E-state index is 0.0958. The molecule has 1 saturated heterocycles. The molecule has 1 heterocycles. The Labute approximate surface area is 132 Å². The van der Waals surface area contributed by atoms with Crippen LogP contribution in [0, 0.1) is 17.5 Å². The number of hydrogen-bond acceptors (Lipinski definition) is 2. The fraction of sp³-hybridized carbons (Fsp3) is 0.333. The van der Waals surface area contributed by atoms with Gasteiger partial charge < -0.3 is 9.47 Å². The van der Waals surface area contributed by atoms with E-state index >= 15 is 0 Å². The van der Waals surface area contributed by atoms with Crippen molar-refractivity contribution in [2.45, 2.75) is 38.3 Å². The molecule has 0 aliphatic carbocycles. The maximum atomic E-state index is 13.7. The Morgan fingerprint density at radius 3 is 1.91 bits per heavy atom. The molecule has 122 valence electrons. The second-order valence-electron chi connectivity index (χ2n) is 5.83. The van der Waals surface area contributed by atoms with Crippen LogP contribution in [0.5, 0.6) is 0 Å². The van der Waals surface area contributed by atoms with Crippen LogP contribution in [-0.2, 0) is 15.3 Å².